The third kappa shape index (κ3) is 6.98. The minimum absolute atomic E-state index is 0.119. The Morgan fingerprint density at radius 1 is 1.28 bits per heavy atom. The van der Waals surface area contributed by atoms with Crippen molar-refractivity contribution in [1.82, 2.24) is 15.1 Å². The lowest BCUT2D eigenvalue weighted by molar-refractivity contribution is -0.122. The second-order valence-electron chi connectivity index (χ2n) is 8.41. The quantitative estimate of drug-likeness (QED) is 0.651. The van der Waals surface area contributed by atoms with Crippen LogP contribution in [0.25, 0.3) is 0 Å². The lowest BCUT2D eigenvalue weighted by Crippen LogP contribution is -2.42. The number of nitrogens with one attached hydrogen (secondary N) is 1. The first-order valence-electron chi connectivity index (χ1n) is 11.1. The minimum Gasteiger partial charge on any atom is -0.489 e. The number of hydrogen-bond donors (Lipinski definition) is 1. The van der Waals surface area contributed by atoms with Crippen molar-refractivity contribution in [2.45, 2.75) is 45.3 Å². The van der Waals surface area contributed by atoms with Crippen molar-refractivity contribution in [1.29, 1.82) is 0 Å². The number of ether oxygens (including phenoxy) is 2. The van der Waals surface area contributed by atoms with Crippen LogP contribution in [0, 0.1) is 5.92 Å². The van der Waals surface area contributed by atoms with Crippen molar-refractivity contribution in [2.75, 3.05) is 53.0 Å². The highest BCUT2D eigenvalue weighted by molar-refractivity contribution is 5.78. The Hall–Kier alpha value is -1.63. The SMILES string of the molecule is CCCC[C@@H]1CN(CC(=O)NC[C@@H]2CCN(CCOC)C2)Cc2ccccc2O1. The van der Waals surface area contributed by atoms with Gasteiger partial charge in [0.05, 0.1) is 13.2 Å². The number of hydrogen-bond acceptors (Lipinski definition) is 5. The number of unbranched alkanes of at least 4 members (excludes halogenated alkanes) is 1. The molecule has 1 N–H and O–H groups in total. The van der Waals surface area contributed by atoms with E-state index in [0.717, 1.165) is 77.3 Å². The Bertz CT molecular complexity index is 640. The summed E-state index contributed by atoms with van der Waals surface area (Å²) in [6, 6.07) is 8.22. The summed E-state index contributed by atoms with van der Waals surface area (Å²) in [5, 5.41) is 3.17. The van der Waals surface area contributed by atoms with Crippen LogP contribution in [0.4, 0.5) is 0 Å². The number of benzene rings is 1. The maximum Gasteiger partial charge on any atom is 0.234 e. The lowest BCUT2D eigenvalue weighted by Gasteiger charge is -2.23. The van der Waals surface area contributed by atoms with Gasteiger partial charge < -0.3 is 19.7 Å². The largest absolute Gasteiger partial charge is 0.489 e. The zero-order chi connectivity index (χ0) is 20.5. The number of carbonyl (C=O) groups excluding carboxylic acids is 1. The van der Waals surface area contributed by atoms with Crippen molar-refractivity contribution in [3.05, 3.63) is 29.8 Å². The number of methoxy groups -OCH3 is 1. The van der Waals surface area contributed by atoms with Gasteiger partial charge in [0, 0.05) is 45.4 Å². The molecule has 162 valence electrons. The topological polar surface area (TPSA) is 54.0 Å². The number of amides is 1. The Morgan fingerprint density at radius 2 is 2.14 bits per heavy atom. The van der Waals surface area contributed by atoms with E-state index in [1.54, 1.807) is 7.11 Å². The average Bonchev–Trinajstić information content (AvgIpc) is 3.10. The smallest absolute Gasteiger partial charge is 0.234 e. The first-order chi connectivity index (χ1) is 14.2. The number of likely N-dealkylation sites (tertiary alicyclic amines) is 1. The monoisotopic (exact) mass is 403 g/mol. The molecule has 0 radical (unpaired) electrons. The van der Waals surface area contributed by atoms with Crippen LogP contribution in [0.1, 0.15) is 38.2 Å². The van der Waals surface area contributed by atoms with Gasteiger partial charge in [-0.1, -0.05) is 31.5 Å². The molecule has 0 aliphatic carbocycles. The highest BCUT2D eigenvalue weighted by atomic mass is 16.5. The Kier molecular flexibility index (Phi) is 8.77. The molecule has 1 fully saturated rings. The molecule has 0 saturated carbocycles. The first kappa shape index (κ1) is 22.1. The van der Waals surface area contributed by atoms with Gasteiger partial charge in [-0.15, -0.1) is 0 Å². The number of carbonyl (C=O) groups is 1. The van der Waals surface area contributed by atoms with E-state index in [4.69, 9.17) is 9.47 Å². The van der Waals surface area contributed by atoms with E-state index in [1.807, 2.05) is 18.2 Å². The van der Waals surface area contributed by atoms with E-state index < -0.39 is 0 Å². The summed E-state index contributed by atoms with van der Waals surface area (Å²) in [5.74, 6) is 1.63. The van der Waals surface area contributed by atoms with Crippen molar-refractivity contribution >= 4 is 5.91 Å². The molecule has 0 spiro atoms. The summed E-state index contributed by atoms with van der Waals surface area (Å²) in [6.45, 7) is 8.87. The molecule has 1 aromatic rings. The molecule has 3 rings (SSSR count). The number of rotatable bonds is 10. The standard InChI is InChI=1S/C23H37N3O3/c1-3-4-8-21-17-26(16-20-7-5-6-9-22(20)29-21)18-23(27)24-14-19-10-11-25(15-19)12-13-28-2/h5-7,9,19,21H,3-4,8,10-18H2,1-2H3,(H,24,27)/t19-,21+/m0/s1. The van der Waals surface area contributed by atoms with E-state index in [9.17, 15) is 4.79 Å². The fourth-order valence-electron chi connectivity index (χ4n) is 4.28. The van der Waals surface area contributed by atoms with Gasteiger partial charge in [0.25, 0.3) is 0 Å². The summed E-state index contributed by atoms with van der Waals surface area (Å²) in [4.78, 5) is 17.3. The van der Waals surface area contributed by atoms with Crippen LogP contribution in [-0.4, -0.2) is 74.8 Å². The molecule has 0 bridgehead atoms. The molecule has 0 aromatic heterocycles. The van der Waals surface area contributed by atoms with Gasteiger partial charge in [0.15, 0.2) is 0 Å². The number of nitrogens with zero attached hydrogens (tertiary/aromatic N) is 2. The van der Waals surface area contributed by atoms with E-state index >= 15 is 0 Å². The van der Waals surface area contributed by atoms with Gasteiger partial charge in [-0.2, -0.15) is 0 Å². The van der Waals surface area contributed by atoms with Crippen molar-refractivity contribution in [2.24, 2.45) is 5.92 Å². The second kappa shape index (κ2) is 11.5. The van der Waals surface area contributed by atoms with E-state index in [0.29, 0.717) is 12.5 Å². The van der Waals surface area contributed by atoms with Crippen LogP contribution in [0.2, 0.25) is 0 Å². The van der Waals surface area contributed by atoms with Gasteiger partial charge in [-0.25, -0.2) is 0 Å². The molecule has 0 unspecified atom stereocenters. The average molecular weight is 404 g/mol. The van der Waals surface area contributed by atoms with Gasteiger partial charge in [-0.05, 0) is 37.8 Å². The molecule has 2 atom stereocenters. The Morgan fingerprint density at radius 3 is 2.97 bits per heavy atom. The van der Waals surface area contributed by atoms with Gasteiger partial charge in [0.1, 0.15) is 11.9 Å². The van der Waals surface area contributed by atoms with Crippen LogP contribution in [0.5, 0.6) is 5.75 Å². The molecule has 1 aromatic carbocycles. The minimum atomic E-state index is 0.119. The normalized spacial score (nSPS) is 22.7. The summed E-state index contributed by atoms with van der Waals surface area (Å²) in [7, 11) is 1.74. The van der Waals surface area contributed by atoms with Crippen LogP contribution in [0.3, 0.4) is 0 Å². The molecule has 6 heteroatoms. The molecule has 2 aliphatic rings. The lowest BCUT2D eigenvalue weighted by atomic mass is 10.1. The van der Waals surface area contributed by atoms with Gasteiger partial charge >= 0.3 is 0 Å². The highest BCUT2D eigenvalue weighted by Gasteiger charge is 2.25. The predicted octanol–water partition coefficient (Wildman–Crippen LogP) is 2.52. The second-order valence-corrected chi connectivity index (χ2v) is 8.41. The Labute approximate surface area is 175 Å². The van der Waals surface area contributed by atoms with E-state index in [2.05, 4.69) is 28.1 Å². The maximum absolute atomic E-state index is 12.6. The van der Waals surface area contributed by atoms with Crippen LogP contribution in [-0.2, 0) is 16.1 Å². The van der Waals surface area contributed by atoms with Crippen LogP contribution < -0.4 is 10.1 Å². The zero-order valence-corrected chi connectivity index (χ0v) is 18.1. The van der Waals surface area contributed by atoms with Crippen molar-refractivity contribution in [3.8, 4) is 5.75 Å². The summed E-state index contributed by atoms with van der Waals surface area (Å²) < 4.78 is 11.4. The molecule has 2 heterocycles. The van der Waals surface area contributed by atoms with Crippen LogP contribution >= 0.6 is 0 Å². The number of fused-ring (bicyclic) bond motifs is 1. The third-order valence-corrected chi connectivity index (χ3v) is 5.94. The maximum atomic E-state index is 12.6. The summed E-state index contributed by atoms with van der Waals surface area (Å²) in [6.07, 6.45) is 4.63. The molecular formula is C23H37N3O3. The molecule has 1 saturated heterocycles. The summed E-state index contributed by atoms with van der Waals surface area (Å²) in [5.41, 5.74) is 1.17. The molecule has 2 aliphatic heterocycles. The van der Waals surface area contributed by atoms with E-state index in [-0.39, 0.29) is 12.0 Å². The molecule has 1 amide bonds. The molecular weight excluding hydrogens is 366 g/mol. The number of para-hydroxylation sites is 1. The molecule has 29 heavy (non-hydrogen) atoms. The van der Waals surface area contributed by atoms with Crippen LogP contribution in [0.15, 0.2) is 24.3 Å². The third-order valence-electron chi connectivity index (χ3n) is 5.94. The van der Waals surface area contributed by atoms with E-state index in [1.165, 1.54) is 5.56 Å². The zero-order valence-electron chi connectivity index (χ0n) is 18.1. The fourth-order valence-corrected chi connectivity index (χ4v) is 4.28. The predicted molar refractivity (Wildman–Crippen MR) is 115 cm³/mol. The van der Waals surface area contributed by atoms with Crippen molar-refractivity contribution < 1.29 is 14.3 Å². The van der Waals surface area contributed by atoms with Gasteiger partial charge in [0.2, 0.25) is 5.91 Å². The fraction of sp³-hybridized carbons (Fsp3) is 0.696. The Balaban J connectivity index is 1.48. The first-order valence-corrected chi connectivity index (χ1v) is 11.1. The highest BCUT2D eigenvalue weighted by Crippen LogP contribution is 2.26. The van der Waals surface area contributed by atoms with Gasteiger partial charge in [-0.3, -0.25) is 9.69 Å². The molecule has 6 nitrogen and oxygen atoms in total. The van der Waals surface area contributed by atoms with Crippen molar-refractivity contribution in [3.63, 3.8) is 0 Å². The summed E-state index contributed by atoms with van der Waals surface area (Å²) >= 11 is 0.